The first-order valence-electron chi connectivity index (χ1n) is 9.26. The van der Waals surface area contributed by atoms with E-state index in [0.717, 1.165) is 12.1 Å². The zero-order chi connectivity index (χ0) is 22.7. The van der Waals surface area contributed by atoms with E-state index < -0.39 is 28.5 Å². The maximum Gasteiger partial charge on any atom is 0.313 e. The number of hydrogen-bond donors (Lipinski definition) is 3. The second kappa shape index (κ2) is 9.17. The third kappa shape index (κ3) is 4.85. The average molecular weight is 453 g/mol. The number of phenols is 1. The molecule has 0 saturated carbocycles. The van der Waals surface area contributed by atoms with Crippen molar-refractivity contribution in [2.45, 2.75) is 13.0 Å². The molecule has 0 radical (unpaired) electrons. The molecule has 31 heavy (non-hydrogen) atoms. The number of piperazine rings is 1. The standard InChI is InChI=1S/C20H19ClF2N4O4/c1-11-9-26(4-5-27(11)13-7-14(22)18(21)15(23)8-13)20(31)19(30)25-12-2-3-16(24-10-28)17(29)6-12/h2-3,6-8,10-11,29H,4-5,9H2,1H3,(H,24,28)(H,25,30)/t11-/m1/s1. The Morgan fingerprint density at radius 1 is 1.19 bits per heavy atom. The molecule has 1 aliphatic heterocycles. The lowest BCUT2D eigenvalue weighted by atomic mass is 10.1. The van der Waals surface area contributed by atoms with E-state index in [1.165, 1.54) is 23.1 Å². The first-order valence-corrected chi connectivity index (χ1v) is 9.63. The van der Waals surface area contributed by atoms with Crippen LogP contribution in [-0.2, 0) is 14.4 Å². The zero-order valence-corrected chi connectivity index (χ0v) is 17.1. The van der Waals surface area contributed by atoms with Gasteiger partial charge in [0.1, 0.15) is 22.4 Å². The van der Waals surface area contributed by atoms with Crippen LogP contribution in [0.5, 0.6) is 5.75 Å². The lowest BCUT2D eigenvalue weighted by molar-refractivity contribution is -0.143. The molecule has 8 nitrogen and oxygen atoms in total. The van der Waals surface area contributed by atoms with E-state index in [-0.39, 0.29) is 42.8 Å². The Labute approximate surface area is 181 Å². The van der Waals surface area contributed by atoms with Gasteiger partial charge in [-0.1, -0.05) is 11.6 Å². The summed E-state index contributed by atoms with van der Waals surface area (Å²) in [5.74, 6) is -3.71. The molecule has 2 aromatic carbocycles. The molecule has 1 saturated heterocycles. The molecular formula is C20H19ClF2N4O4. The Kier molecular flexibility index (Phi) is 6.59. The van der Waals surface area contributed by atoms with E-state index in [1.54, 1.807) is 11.8 Å². The Balaban J connectivity index is 1.64. The second-order valence-corrected chi connectivity index (χ2v) is 7.34. The predicted molar refractivity (Wildman–Crippen MR) is 111 cm³/mol. The number of hydrogen-bond acceptors (Lipinski definition) is 5. The van der Waals surface area contributed by atoms with Crippen molar-refractivity contribution in [3.63, 3.8) is 0 Å². The number of halogens is 3. The van der Waals surface area contributed by atoms with Crippen LogP contribution in [0.1, 0.15) is 6.92 Å². The van der Waals surface area contributed by atoms with Gasteiger partial charge in [-0.25, -0.2) is 8.78 Å². The summed E-state index contributed by atoms with van der Waals surface area (Å²) in [6, 6.07) is 5.92. The number of carbonyl (C=O) groups excluding carboxylic acids is 3. The largest absolute Gasteiger partial charge is 0.506 e. The Hall–Kier alpha value is -3.40. The van der Waals surface area contributed by atoms with Crippen molar-refractivity contribution in [2.24, 2.45) is 0 Å². The highest BCUT2D eigenvalue weighted by molar-refractivity contribution is 6.39. The van der Waals surface area contributed by atoms with Crippen LogP contribution in [0.15, 0.2) is 30.3 Å². The minimum atomic E-state index is -0.903. The lowest BCUT2D eigenvalue weighted by Gasteiger charge is -2.41. The highest BCUT2D eigenvalue weighted by Gasteiger charge is 2.31. The van der Waals surface area contributed by atoms with Gasteiger partial charge in [-0.05, 0) is 31.2 Å². The topological polar surface area (TPSA) is 102 Å². The Bertz CT molecular complexity index is 1010. The lowest BCUT2D eigenvalue weighted by Crippen LogP contribution is -2.55. The number of rotatable bonds is 4. The number of aromatic hydroxyl groups is 1. The summed E-state index contributed by atoms with van der Waals surface area (Å²) in [4.78, 5) is 38.4. The molecule has 1 aliphatic rings. The fraction of sp³-hybridized carbons (Fsp3) is 0.250. The molecule has 3 amide bonds. The first kappa shape index (κ1) is 22.3. The van der Waals surface area contributed by atoms with Gasteiger partial charge in [0.05, 0.1) is 5.69 Å². The molecule has 1 atom stereocenters. The first-order chi connectivity index (χ1) is 14.7. The van der Waals surface area contributed by atoms with E-state index >= 15 is 0 Å². The maximum absolute atomic E-state index is 13.8. The van der Waals surface area contributed by atoms with Gasteiger partial charge in [-0.3, -0.25) is 14.4 Å². The summed E-state index contributed by atoms with van der Waals surface area (Å²) in [7, 11) is 0. The molecule has 0 spiro atoms. The summed E-state index contributed by atoms with van der Waals surface area (Å²) in [6.45, 7) is 2.34. The smallest absolute Gasteiger partial charge is 0.313 e. The molecule has 1 heterocycles. The van der Waals surface area contributed by atoms with Gasteiger partial charge in [0.15, 0.2) is 0 Å². The third-order valence-corrected chi connectivity index (χ3v) is 5.24. The number of anilines is 3. The van der Waals surface area contributed by atoms with Gasteiger partial charge in [0, 0.05) is 43.1 Å². The quantitative estimate of drug-likeness (QED) is 0.286. The van der Waals surface area contributed by atoms with Gasteiger partial charge in [-0.2, -0.15) is 0 Å². The average Bonchev–Trinajstić information content (AvgIpc) is 2.73. The van der Waals surface area contributed by atoms with Crippen molar-refractivity contribution >= 4 is 46.9 Å². The SMILES string of the molecule is C[C@@H]1CN(C(=O)C(=O)Nc2ccc(NC=O)c(O)c2)CCN1c1cc(F)c(Cl)c(F)c1. The normalized spacial score (nSPS) is 16.1. The molecule has 2 aromatic rings. The van der Waals surface area contributed by atoms with Crippen LogP contribution in [0.3, 0.4) is 0 Å². The van der Waals surface area contributed by atoms with E-state index in [2.05, 4.69) is 10.6 Å². The number of nitrogens with zero attached hydrogens (tertiary/aromatic N) is 2. The third-order valence-electron chi connectivity index (χ3n) is 4.88. The number of benzene rings is 2. The van der Waals surface area contributed by atoms with E-state index in [4.69, 9.17) is 11.6 Å². The van der Waals surface area contributed by atoms with Gasteiger partial charge < -0.3 is 25.5 Å². The van der Waals surface area contributed by atoms with Gasteiger partial charge >= 0.3 is 11.8 Å². The van der Waals surface area contributed by atoms with E-state index in [1.807, 2.05) is 0 Å². The Morgan fingerprint density at radius 2 is 1.87 bits per heavy atom. The summed E-state index contributed by atoms with van der Waals surface area (Å²) in [6.07, 6.45) is 0.393. The number of amides is 3. The molecule has 164 valence electrons. The summed E-state index contributed by atoms with van der Waals surface area (Å²) in [5.41, 5.74) is 0.619. The van der Waals surface area contributed by atoms with Crippen LogP contribution in [-0.4, -0.2) is 53.9 Å². The molecule has 3 N–H and O–H groups in total. The number of carbonyl (C=O) groups is 3. The molecular weight excluding hydrogens is 434 g/mol. The molecule has 11 heteroatoms. The maximum atomic E-state index is 13.8. The zero-order valence-electron chi connectivity index (χ0n) is 16.4. The number of nitrogens with one attached hydrogen (secondary N) is 2. The second-order valence-electron chi connectivity index (χ2n) is 6.97. The van der Waals surface area contributed by atoms with Gasteiger partial charge in [0.25, 0.3) is 0 Å². The fourth-order valence-corrected chi connectivity index (χ4v) is 3.47. The van der Waals surface area contributed by atoms with E-state index in [9.17, 15) is 28.3 Å². The van der Waals surface area contributed by atoms with Crippen molar-refractivity contribution in [3.05, 3.63) is 47.0 Å². The summed E-state index contributed by atoms with van der Waals surface area (Å²) < 4.78 is 27.6. The van der Waals surface area contributed by atoms with Gasteiger partial charge in [0.2, 0.25) is 6.41 Å². The van der Waals surface area contributed by atoms with Gasteiger partial charge in [-0.15, -0.1) is 0 Å². The summed E-state index contributed by atoms with van der Waals surface area (Å²) >= 11 is 5.52. The molecule has 0 aromatic heterocycles. The minimum absolute atomic E-state index is 0.152. The molecule has 0 unspecified atom stereocenters. The Morgan fingerprint density at radius 3 is 2.45 bits per heavy atom. The van der Waals surface area contributed by atoms with Crippen molar-refractivity contribution in [1.82, 2.24) is 4.90 Å². The van der Waals surface area contributed by atoms with Crippen molar-refractivity contribution < 1.29 is 28.3 Å². The van der Waals surface area contributed by atoms with Crippen LogP contribution >= 0.6 is 11.6 Å². The van der Waals surface area contributed by atoms with Crippen LogP contribution in [0.25, 0.3) is 0 Å². The summed E-state index contributed by atoms with van der Waals surface area (Å²) in [5, 5.41) is 13.9. The highest BCUT2D eigenvalue weighted by Crippen LogP contribution is 2.29. The van der Waals surface area contributed by atoms with Crippen LogP contribution in [0, 0.1) is 11.6 Å². The van der Waals surface area contributed by atoms with Crippen LogP contribution < -0.4 is 15.5 Å². The highest BCUT2D eigenvalue weighted by atomic mass is 35.5. The minimum Gasteiger partial charge on any atom is -0.506 e. The van der Waals surface area contributed by atoms with Crippen molar-refractivity contribution in [1.29, 1.82) is 0 Å². The molecule has 1 fully saturated rings. The molecule has 0 aliphatic carbocycles. The molecule has 0 bridgehead atoms. The van der Waals surface area contributed by atoms with E-state index in [0.29, 0.717) is 12.1 Å². The van der Waals surface area contributed by atoms with Crippen molar-refractivity contribution in [2.75, 3.05) is 35.2 Å². The van der Waals surface area contributed by atoms with Crippen molar-refractivity contribution in [3.8, 4) is 5.75 Å². The predicted octanol–water partition coefficient (Wildman–Crippen LogP) is 2.57. The van der Waals surface area contributed by atoms with Crippen LogP contribution in [0.2, 0.25) is 5.02 Å². The van der Waals surface area contributed by atoms with Crippen LogP contribution in [0.4, 0.5) is 25.8 Å². The molecule has 3 rings (SSSR count). The monoisotopic (exact) mass is 452 g/mol. The number of phenolic OH excluding ortho intramolecular Hbond substituents is 1. The fourth-order valence-electron chi connectivity index (χ4n) is 3.36.